The smallest absolute Gasteiger partial charge is 0.261 e. The Morgan fingerprint density at radius 1 is 1.00 bits per heavy atom. The molecule has 28 heavy (non-hydrogen) atoms. The minimum atomic E-state index is -3.37. The number of hydrogen-bond donors (Lipinski definition) is 0. The number of sulfone groups is 1. The van der Waals surface area contributed by atoms with Crippen LogP contribution in [0.15, 0.2) is 59.5 Å². The standard InChI is InChI=1S/C22H25NO4S/c1-16-7-5-6-10-21(16)27-15-22(24)23-17-11-12-18(23)14-20(13-17)28(25,26)19-8-3-2-4-9-19/h2-10,17-18,20H,11-15H2,1H3. The molecule has 2 saturated heterocycles. The number of ether oxygens (including phenoxy) is 1. The highest BCUT2D eigenvalue weighted by Crippen LogP contribution is 2.40. The van der Waals surface area contributed by atoms with E-state index < -0.39 is 15.1 Å². The summed E-state index contributed by atoms with van der Waals surface area (Å²) in [6.45, 7) is 1.94. The van der Waals surface area contributed by atoms with E-state index >= 15 is 0 Å². The second-order valence-electron chi connectivity index (χ2n) is 7.69. The molecule has 2 aromatic rings. The lowest BCUT2D eigenvalue weighted by Crippen LogP contribution is -2.51. The minimum absolute atomic E-state index is 0.00600. The number of benzene rings is 2. The molecule has 5 nitrogen and oxygen atoms in total. The zero-order valence-corrected chi connectivity index (χ0v) is 16.8. The molecular formula is C22H25NO4S. The summed E-state index contributed by atoms with van der Waals surface area (Å²) < 4.78 is 31.7. The topological polar surface area (TPSA) is 63.7 Å². The van der Waals surface area contributed by atoms with Gasteiger partial charge in [-0.1, -0.05) is 36.4 Å². The lowest BCUT2D eigenvalue weighted by molar-refractivity contribution is -0.137. The van der Waals surface area contributed by atoms with E-state index in [0.717, 1.165) is 18.4 Å². The lowest BCUT2D eigenvalue weighted by atomic mass is 10.0. The van der Waals surface area contributed by atoms with E-state index in [9.17, 15) is 13.2 Å². The monoisotopic (exact) mass is 399 g/mol. The number of carbonyl (C=O) groups excluding carboxylic acids is 1. The van der Waals surface area contributed by atoms with E-state index in [4.69, 9.17) is 4.74 Å². The summed E-state index contributed by atoms with van der Waals surface area (Å²) in [5, 5.41) is -0.422. The molecule has 1 amide bonds. The zero-order chi connectivity index (χ0) is 19.7. The van der Waals surface area contributed by atoms with Crippen LogP contribution >= 0.6 is 0 Å². The van der Waals surface area contributed by atoms with Gasteiger partial charge >= 0.3 is 0 Å². The van der Waals surface area contributed by atoms with Gasteiger partial charge in [0.15, 0.2) is 16.4 Å². The van der Waals surface area contributed by atoms with E-state index in [-0.39, 0.29) is 24.6 Å². The van der Waals surface area contributed by atoms with Crippen molar-refractivity contribution in [2.75, 3.05) is 6.61 Å². The summed E-state index contributed by atoms with van der Waals surface area (Å²) in [5.41, 5.74) is 0.992. The van der Waals surface area contributed by atoms with Crippen LogP contribution in [0.3, 0.4) is 0 Å². The lowest BCUT2D eigenvalue weighted by Gasteiger charge is -2.38. The average Bonchev–Trinajstić information content (AvgIpc) is 2.97. The number of piperidine rings is 1. The van der Waals surface area contributed by atoms with Crippen LogP contribution in [0.2, 0.25) is 0 Å². The number of para-hydroxylation sites is 1. The Morgan fingerprint density at radius 3 is 2.25 bits per heavy atom. The van der Waals surface area contributed by atoms with Gasteiger partial charge in [-0.3, -0.25) is 4.79 Å². The third-order valence-corrected chi connectivity index (χ3v) is 8.12. The molecule has 0 aliphatic carbocycles. The van der Waals surface area contributed by atoms with Crippen LogP contribution in [0, 0.1) is 6.92 Å². The van der Waals surface area contributed by atoms with Crippen LogP contribution in [-0.4, -0.2) is 43.2 Å². The van der Waals surface area contributed by atoms with E-state index in [1.807, 2.05) is 42.2 Å². The fraction of sp³-hybridized carbons (Fsp3) is 0.409. The highest BCUT2D eigenvalue weighted by molar-refractivity contribution is 7.92. The van der Waals surface area contributed by atoms with Crippen LogP contribution in [0.25, 0.3) is 0 Å². The first kappa shape index (κ1) is 19.0. The normalized spacial score (nSPS) is 24.2. The van der Waals surface area contributed by atoms with Crippen molar-refractivity contribution < 1.29 is 17.9 Å². The van der Waals surface area contributed by atoms with Crippen LogP contribution in [0.5, 0.6) is 5.75 Å². The number of nitrogens with zero attached hydrogens (tertiary/aromatic N) is 1. The Morgan fingerprint density at radius 2 is 1.61 bits per heavy atom. The molecule has 6 heteroatoms. The Hall–Kier alpha value is -2.34. The molecule has 0 aromatic heterocycles. The van der Waals surface area contributed by atoms with Crippen LogP contribution in [0.4, 0.5) is 0 Å². The van der Waals surface area contributed by atoms with Crippen molar-refractivity contribution in [3.8, 4) is 5.75 Å². The van der Waals surface area contributed by atoms with E-state index in [0.29, 0.717) is 23.5 Å². The number of rotatable bonds is 5. The quantitative estimate of drug-likeness (QED) is 0.773. The van der Waals surface area contributed by atoms with Crippen LogP contribution in [-0.2, 0) is 14.6 Å². The molecule has 2 unspecified atom stereocenters. The molecular weight excluding hydrogens is 374 g/mol. The molecule has 0 radical (unpaired) electrons. The SMILES string of the molecule is Cc1ccccc1OCC(=O)N1C2CCC1CC(S(=O)(=O)c1ccccc1)C2. The molecule has 2 aliphatic rings. The second-order valence-corrected chi connectivity index (χ2v) is 9.92. The van der Waals surface area contributed by atoms with E-state index in [2.05, 4.69) is 0 Å². The van der Waals surface area contributed by atoms with Gasteiger partial charge in [0.05, 0.1) is 10.1 Å². The number of aryl methyl sites for hydroxylation is 1. The molecule has 4 rings (SSSR count). The number of amides is 1. The molecule has 148 valence electrons. The Kier molecular flexibility index (Phi) is 5.15. The summed E-state index contributed by atoms with van der Waals surface area (Å²) in [6, 6.07) is 16.2. The minimum Gasteiger partial charge on any atom is -0.484 e. The first-order valence-electron chi connectivity index (χ1n) is 9.75. The van der Waals surface area contributed by atoms with Crippen molar-refractivity contribution in [3.05, 3.63) is 60.2 Å². The van der Waals surface area contributed by atoms with E-state index in [1.54, 1.807) is 24.3 Å². The predicted molar refractivity (Wildman–Crippen MR) is 107 cm³/mol. The number of carbonyl (C=O) groups is 1. The van der Waals surface area contributed by atoms with Gasteiger partial charge < -0.3 is 9.64 Å². The molecule has 2 aromatic carbocycles. The molecule has 2 atom stereocenters. The fourth-order valence-corrected chi connectivity index (χ4v) is 6.40. The Balaban J connectivity index is 1.44. The maximum Gasteiger partial charge on any atom is 0.261 e. The first-order valence-corrected chi connectivity index (χ1v) is 11.3. The van der Waals surface area contributed by atoms with Crippen molar-refractivity contribution >= 4 is 15.7 Å². The summed E-state index contributed by atoms with van der Waals surface area (Å²) in [6.07, 6.45) is 2.73. The van der Waals surface area contributed by atoms with Gasteiger partial charge in [0.1, 0.15) is 5.75 Å². The highest BCUT2D eigenvalue weighted by Gasteiger charge is 2.47. The second kappa shape index (κ2) is 7.59. The molecule has 2 aliphatic heterocycles. The third-order valence-electron chi connectivity index (χ3n) is 5.93. The zero-order valence-electron chi connectivity index (χ0n) is 16.0. The van der Waals surface area contributed by atoms with Gasteiger partial charge in [0, 0.05) is 12.1 Å². The van der Waals surface area contributed by atoms with Gasteiger partial charge in [0.25, 0.3) is 5.91 Å². The summed E-state index contributed by atoms with van der Waals surface area (Å²) >= 11 is 0. The van der Waals surface area contributed by atoms with Gasteiger partial charge in [-0.2, -0.15) is 0 Å². The van der Waals surface area contributed by atoms with Gasteiger partial charge in [0.2, 0.25) is 0 Å². The average molecular weight is 400 g/mol. The molecule has 2 bridgehead atoms. The maximum atomic E-state index is 13.0. The van der Waals surface area contributed by atoms with Crippen LogP contribution in [0.1, 0.15) is 31.2 Å². The summed E-state index contributed by atoms with van der Waals surface area (Å²) in [4.78, 5) is 15.1. The van der Waals surface area contributed by atoms with Crippen molar-refractivity contribution in [3.63, 3.8) is 0 Å². The van der Waals surface area contributed by atoms with Crippen LogP contribution < -0.4 is 4.74 Å². The maximum absolute atomic E-state index is 13.0. The summed E-state index contributed by atoms with van der Waals surface area (Å²) in [7, 11) is -3.37. The van der Waals surface area contributed by atoms with Crippen molar-refractivity contribution in [2.45, 2.75) is 54.8 Å². The first-order chi connectivity index (χ1) is 13.5. The number of hydrogen-bond acceptors (Lipinski definition) is 4. The van der Waals surface area contributed by atoms with Gasteiger partial charge in [-0.05, 0) is 56.4 Å². The molecule has 2 heterocycles. The van der Waals surface area contributed by atoms with Crippen molar-refractivity contribution in [1.29, 1.82) is 0 Å². The Labute approximate surface area is 166 Å². The molecule has 0 saturated carbocycles. The largest absolute Gasteiger partial charge is 0.484 e. The van der Waals surface area contributed by atoms with E-state index in [1.165, 1.54) is 0 Å². The molecule has 0 N–H and O–H groups in total. The summed E-state index contributed by atoms with van der Waals surface area (Å²) in [5.74, 6) is 0.663. The van der Waals surface area contributed by atoms with Gasteiger partial charge in [-0.15, -0.1) is 0 Å². The van der Waals surface area contributed by atoms with Crippen molar-refractivity contribution in [2.24, 2.45) is 0 Å². The van der Waals surface area contributed by atoms with Gasteiger partial charge in [-0.25, -0.2) is 8.42 Å². The molecule has 0 spiro atoms. The van der Waals surface area contributed by atoms with Crippen molar-refractivity contribution in [1.82, 2.24) is 4.90 Å². The fourth-order valence-electron chi connectivity index (χ4n) is 4.52. The molecule has 2 fully saturated rings. The number of fused-ring (bicyclic) bond motifs is 2. The highest BCUT2D eigenvalue weighted by atomic mass is 32.2. The third kappa shape index (κ3) is 3.53. The Bertz CT molecular complexity index is 944. The predicted octanol–water partition coefficient (Wildman–Crippen LogP) is 3.37.